The molecule has 3 heterocycles. The van der Waals surface area contributed by atoms with E-state index in [-0.39, 0.29) is 17.0 Å². The summed E-state index contributed by atoms with van der Waals surface area (Å²) < 4.78 is 2.39. The van der Waals surface area contributed by atoms with Crippen molar-refractivity contribution < 1.29 is 4.79 Å². The van der Waals surface area contributed by atoms with Crippen LogP contribution in [0, 0.1) is 18.3 Å². The average molecular weight is 529 g/mol. The Bertz CT molecular complexity index is 1080. The molecule has 8 heteroatoms. The number of hydrogen-bond acceptors (Lipinski definition) is 6. The minimum absolute atomic E-state index is 0.0634. The standard InChI is InChI=1S/C28H40N4O2S2/c1-4-6-8-9-14-18-32-27(34)24(36-28(32)35)19-22-21(3)23(20-29)26(33)31(17-7-5-2)25(22)30-15-12-10-11-13-16-30/h19H,4-18H2,1-3H3/b24-19+. The fraction of sp³-hybridized carbons (Fsp3) is 0.643. The number of amides is 1. The summed E-state index contributed by atoms with van der Waals surface area (Å²) in [5.41, 5.74) is 1.41. The Hall–Kier alpha value is -2.11. The molecule has 2 aliphatic heterocycles. The lowest BCUT2D eigenvalue weighted by Crippen LogP contribution is -2.35. The molecule has 2 fully saturated rings. The topological polar surface area (TPSA) is 69.3 Å². The van der Waals surface area contributed by atoms with Gasteiger partial charge < -0.3 is 4.90 Å². The smallest absolute Gasteiger partial charge is 0.270 e. The highest BCUT2D eigenvalue weighted by Crippen LogP contribution is 2.36. The van der Waals surface area contributed by atoms with Crippen molar-refractivity contribution in [2.75, 3.05) is 24.5 Å². The Kier molecular flexibility index (Phi) is 11.1. The van der Waals surface area contributed by atoms with Gasteiger partial charge in [-0.3, -0.25) is 19.1 Å². The first kappa shape index (κ1) is 28.5. The van der Waals surface area contributed by atoms with Gasteiger partial charge in [0.15, 0.2) is 0 Å². The monoisotopic (exact) mass is 528 g/mol. The zero-order valence-corrected chi connectivity index (χ0v) is 23.7. The van der Waals surface area contributed by atoms with Crippen LogP contribution in [0.4, 0.5) is 5.82 Å². The maximum Gasteiger partial charge on any atom is 0.270 e. The molecule has 0 aromatic carbocycles. The molecule has 0 bridgehead atoms. The van der Waals surface area contributed by atoms with Crippen molar-refractivity contribution in [3.63, 3.8) is 0 Å². The third kappa shape index (κ3) is 6.60. The van der Waals surface area contributed by atoms with Crippen molar-refractivity contribution in [1.29, 1.82) is 5.26 Å². The van der Waals surface area contributed by atoms with Crippen molar-refractivity contribution >= 4 is 46.1 Å². The Morgan fingerprint density at radius 3 is 2.28 bits per heavy atom. The second-order valence-corrected chi connectivity index (χ2v) is 11.5. The number of unbranched alkanes of at least 4 members (excludes halogenated alkanes) is 5. The van der Waals surface area contributed by atoms with Gasteiger partial charge in [-0.25, -0.2) is 0 Å². The van der Waals surface area contributed by atoms with Crippen molar-refractivity contribution in [2.24, 2.45) is 0 Å². The fourth-order valence-electron chi connectivity index (χ4n) is 4.99. The number of nitrogens with zero attached hydrogens (tertiary/aromatic N) is 4. The zero-order chi connectivity index (χ0) is 26.1. The van der Waals surface area contributed by atoms with Crippen molar-refractivity contribution in [3.05, 3.63) is 31.9 Å². The second-order valence-electron chi connectivity index (χ2n) is 9.81. The van der Waals surface area contributed by atoms with Gasteiger partial charge in [0.2, 0.25) is 0 Å². The highest BCUT2D eigenvalue weighted by Gasteiger charge is 2.33. The number of carbonyl (C=O) groups is 1. The zero-order valence-electron chi connectivity index (χ0n) is 22.1. The summed E-state index contributed by atoms with van der Waals surface area (Å²) in [4.78, 5) is 31.4. The van der Waals surface area contributed by atoms with Gasteiger partial charge in [0.1, 0.15) is 21.8 Å². The maximum atomic E-state index is 13.4. The molecule has 36 heavy (non-hydrogen) atoms. The molecular weight excluding hydrogens is 488 g/mol. The first-order chi connectivity index (χ1) is 17.4. The number of thiocarbonyl (C=S) groups is 1. The number of anilines is 1. The second kappa shape index (κ2) is 14.0. The van der Waals surface area contributed by atoms with Crippen LogP contribution < -0.4 is 10.5 Å². The molecule has 2 aliphatic rings. The van der Waals surface area contributed by atoms with Crippen LogP contribution in [0.5, 0.6) is 0 Å². The van der Waals surface area contributed by atoms with E-state index < -0.39 is 0 Å². The van der Waals surface area contributed by atoms with Gasteiger partial charge in [-0.2, -0.15) is 5.26 Å². The molecule has 2 saturated heterocycles. The first-order valence-corrected chi connectivity index (χ1v) is 14.8. The number of aromatic nitrogens is 1. The molecular formula is C28H40N4O2S2. The van der Waals surface area contributed by atoms with Gasteiger partial charge >= 0.3 is 0 Å². The van der Waals surface area contributed by atoms with Crippen LogP contribution >= 0.6 is 24.0 Å². The molecule has 0 aliphatic carbocycles. The number of nitriles is 1. The van der Waals surface area contributed by atoms with Gasteiger partial charge in [-0.1, -0.05) is 82.8 Å². The molecule has 1 aromatic rings. The van der Waals surface area contributed by atoms with E-state index in [0.717, 1.165) is 63.0 Å². The van der Waals surface area contributed by atoms with E-state index in [9.17, 15) is 14.9 Å². The van der Waals surface area contributed by atoms with E-state index >= 15 is 0 Å². The maximum absolute atomic E-state index is 13.4. The molecule has 0 atom stereocenters. The number of pyridine rings is 1. The fourth-order valence-corrected chi connectivity index (χ4v) is 6.28. The minimum Gasteiger partial charge on any atom is -0.357 e. The molecule has 3 rings (SSSR count). The molecule has 0 unspecified atom stereocenters. The molecule has 0 spiro atoms. The van der Waals surface area contributed by atoms with E-state index in [2.05, 4.69) is 24.8 Å². The summed E-state index contributed by atoms with van der Waals surface area (Å²) in [6.07, 6.45) is 13.8. The van der Waals surface area contributed by atoms with E-state index in [1.807, 2.05) is 13.0 Å². The van der Waals surface area contributed by atoms with Gasteiger partial charge in [0.25, 0.3) is 11.5 Å². The third-order valence-corrected chi connectivity index (χ3v) is 8.50. The highest BCUT2D eigenvalue weighted by molar-refractivity contribution is 8.26. The summed E-state index contributed by atoms with van der Waals surface area (Å²) in [7, 11) is 0. The SMILES string of the molecule is CCCCCCCN1C(=O)/C(=C\c2c(C)c(C#N)c(=O)n(CCCC)c2N2CCCCCC2)SC1=S. The van der Waals surface area contributed by atoms with Crippen LogP contribution in [0.1, 0.15) is 101 Å². The van der Waals surface area contributed by atoms with Crippen molar-refractivity contribution in [2.45, 2.75) is 97.9 Å². The third-order valence-electron chi connectivity index (χ3n) is 7.12. The Balaban J connectivity index is 2.04. The first-order valence-electron chi connectivity index (χ1n) is 13.6. The highest BCUT2D eigenvalue weighted by atomic mass is 32.2. The summed E-state index contributed by atoms with van der Waals surface area (Å²) in [6, 6.07) is 2.15. The van der Waals surface area contributed by atoms with Gasteiger partial charge in [0, 0.05) is 31.7 Å². The summed E-state index contributed by atoms with van der Waals surface area (Å²) >= 11 is 6.92. The number of hydrogen-bond donors (Lipinski definition) is 0. The van der Waals surface area contributed by atoms with Crippen LogP contribution in [-0.4, -0.2) is 39.3 Å². The molecule has 1 amide bonds. The molecule has 0 N–H and O–H groups in total. The van der Waals surface area contributed by atoms with Crippen LogP contribution in [-0.2, 0) is 11.3 Å². The number of rotatable bonds is 11. The lowest BCUT2D eigenvalue weighted by molar-refractivity contribution is -0.122. The van der Waals surface area contributed by atoms with Crippen molar-refractivity contribution in [1.82, 2.24) is 9.47 Å². The van der Waals surface area contributed by atoms with Crippen LogP contribution in [0.25, 0.3) is 6.08 Å². The lowest BCUT2D eigenvalue weighted by Gasteiger charge is -2.29. The number of thioether (sulfide) groups is 1. The molecule has 1 aromatic heterocycles. The predicted octanol–water partition coefficient (Wildman–Crippen LogP) is 6.38. The summed E-state index contributed by atoms with van der Waals surface area (Å²) in [5.74, 6) is 0.795. The summed E-state index contributed by atoms with van der Waals surface area (Å²) in [6.45, 7) is 9.08. The van der Waals surface area contributed by atoms with Crippen molar-refractivity contribution in [3.8, 4) is 6.07 Å². The van der Waals surface area contributed by atoms with E-state index in [1.165, 1.54) is 43.9 Å². The number of carbonyl (C=O) groups excluding carboxylic acids is 1. The molecule has 196 valence electrons. The normalized spacial score (nSPS) is 17.7. The Morgan fingerprint density at radius 1 is 0.972 bits per heavy atom. The quantitative estimate of drug-likeness (QED) is 0.189. The minimum atomic E-state index is -0.223. The average Bonchev–Trinajstić information content (AvgIpc) is 3.03. The predicted molar refractivity (Wildman–Crippen MR) is 154 cm³/mol. The Labute approximate surface area is 225 Å². The van der Waals surface area contributed by atoms with Gasteiger partial charge in [-0.15, -0.1) is 0 Å². The molecule has 0 saturated carbocycles. The summed E-state index contributed by atoms with van der Waals surface area (Å²) in [5, 5.41) is 9.88. The molecule has 0 radical (unpaired) electrons. The van der Waals surface area contributed by atoms with E-state index in [1.54, 1.807) is 9.47 Å². The van der Waals surface area contributed by atoms with E-state index in [4.69, 9.17) is 12.2 Å². The van der Waals surface area contributed by atoms with Crippen LogP contribution in [0.2, 0.25) is 0 Å². The van der Waals surface area contributed by atoms with Gasteiger partial charge in [-0.05, 0) is 44.2 Å². The Morgan fingerprint density at radius 2 is 1.64 bits per heavy atom. The largest absolute Gasteiger partial charge is 0.357 e. The molecule has 6 nitrogen and oxygen atoms in total. The van der Waals surface area contributed by atoms with Gasteiger partial charge in [0.05, 0.1) is 4.91 Å². The van der Waals surface area contributed by atoms with Crippen LogP contribution in [0.3, 0.4) is 0 Å². The lowest BCUT2D eigenvalue weighted by atomic mass is 10.0. The van der Waals surface area contributed by atoms with E-state index in [0.29, 0.717) is 27.9 Å². The van der Waals surface area contributed by atoms with Crippen LogP contribution in [0.15, 0.2) is 9.70 Å².